The van der Waals surface area contributed by atoms with Crippen molar-refractivity contribution in [2.45, 2.75) is 81.8 Å². The van der Waals surface area contributed by atoms with E-state index in [2.05, 4.69) is 19.9 Å². The van der Waals surface area contributed by atoms with Crippen molar-refractivity contribution in [2.24, 2.45) is 0 Å². The maximum absolute atomic E-state index is 14.5. The van der Waals surface area contributed by atoms with E-state index in [-0.39, 0.29) is 43.3 Å². The summed E-state index contributed by atoms with van der Waals surface area (Å²) in [6.45, 7) is 9.54. The molecular weight excluding hydrogens is 531 g/mol. The van der Waals surface area contributed by atoms with E-state index in [1.807, 2.05) is 26.8 Å². The Morgan fingerprint density at radius 1 is 1.05 bits per heavy atom. The fourth-order valence-corrected chi connectivity index (χ4v) is 5.73. The Morgan fingerprint density at radius 2 is 1.71 bits per heavy atom. The summed E-state index contributed by atoms with van der Waals surface area (Å²) in [4.78, 5) is 27.0. The lowest BCUT2D eigenvalue weighted by Crippen LogP contribution is -2.72. The molecule has 1 saturated heterocycles. The predicted octanol–water partition coefficient (Wildman–Crippen LogP) is 6.64. The number of carbonyl (C=O) groups is 2. The molecule has 38 heavy (non-hydrogen) atoms. The smallest absolute Gasteiger partial charge is 0.198 e. The van der Waals surface area contributed by atoms with Gasteiger partial charge in [0.2, 0.25) is 0 Å². The van der Waals surface area contributed by atoms with Crippen LogP contribution < -0.4 is 9.47 Å². The third-order valence-corrected chi connectivity index (χ3v) is 8.38. The molecule has 0 amide bonds. The van der Waals surface area contributed by atoms with Crippen molar-refractivity contribution >= 4 is 34.8 Å². The molecule has 7 nitrogen and oxygen atoms in total. The zero-order valence-electron chi connectivity index (χ0n) is 23.2. The first kappa shape index (κ1) is 30.6. The van der Waals surface area contributed by atoms with Crippen LogP contribution >= 0.6 is 23.2 Å². The molecule has 0 spiro atoms. The van der Waals surface area contributed by atoms with E-state index in [1.54, 1.807) is 0 Å². The zero-order valence-corrected chi connectivity index (χ0v) is 24.8. The van der Waals surface area contributed by atoms with Crippen molar-refractivity contribution in [3.63, 3.8) is 0 Å². The maximum Gasteiger partial charge on any atom is 0.198 e. The fraction of sp³-hybridized carbons (Fsp3) is 0.586. The van der Waals surface area contributed by atoms with Crippen molar-refractivity contribution in [3.8, 4) is 11.5 Å². The zero-order chi connectivity index (χ0) is 28.3. The molecular formula is C29H38Cl2O7. The highest BCUT2D eigenvalue weighted by molar-refractivity contribution is 6.45. The van der Waals surface area contributed by atoms with Gasteiger partial charge in [0.05, 0.1) is 16.5 Å². The maximum atomic E-state index is 14.5. The monoisotopic (exact) mass is 568 g/mol. The Bertz CT molecular complexity index is 1120. The number of ketones is 2. The van der Waals surface area contributed by atoms with Gasteiger partial charge in [0, 0.05) is 32.3 Å². The molecule has 1 heterocycles. The molecule has 9 heteroatoms. The first-order chi connectivity index (χ1) is 17.8. The van der Waals surface area contributed by atoms with Crippen LogP contribution in [-0.2, 0) is 14.2 Å². The van der Waals surface area contributed by atoms with E-state index in [1.165, 1.54) is 31.9 Å². The second-order valence-corrected chi connectivity index (χ2v) is 11.9. The minimum atomic E-state index is -1.74. The van der Waals surface area contributed by atoms with Crippen LogP contribution in [0, 0.1) is 0 Å². The van der Waals surface area contributed by atoms with Crippen molar-refractivity contribution in [3.05, 3.63) is 46.6 Å². The summed E-state index contributed by atoms with van der Waals surface area (Å²) in [5.41, 5.74) is -0.105. The Kier molecular flexibility index (Phi) is 9.75. The van der Waals surface area contributed by atoms with Gasteiger partial charge in [-0.1, -0.05) is 23.3 Å². The Balaban J connectivity index is 2.18. The van der Waals surface area contributed by atoms with Crippen LogP contribution in [0.4, 0.5) is 0 Å². The number of fused-ring (bicyclic) bond motifs is 2. The van der Waals surface area contributed by atoms with Gasteiger partial charge in [-0.2, -0.15) is 0 Å². The molecule has 0 unspecified atom stereocenters. The number of alkyl halides is 2. The summed E-state index contributed by atoms with van der Waals surface area (Å²) in [7, 11) is 2.94. The molecule has 1 aliphatic carbocycles. The third-order valence-electron chi connectivity index (χ3n) is 7.07. The van der Waals surface area contributed by atoms with Gasteiger partial charge in [-0.15, -0.1) is 23.2 Å². The quantitative estimate of drug-likeness (QED) is 0.168. The SMILES string of the molecule is COCOc1cc(OCOC)c2c(c1)C(=O)[C@]1(C/C=C(\C)CCC=C(C)C)OC(C)(C)[C@H](Cl)C[C@]1(Cl)C2=O. The van der Waals surface area contributed by atoms with E-state index in [0.29, 0.717) is 5.75 Å². The van der Waals surface area contributed by atoms with Crippen LogP contribution in [0.1, 0.15) is 81.0 Å². The normalized spacial score (nSPS) is 26.4. The van der Waals surface area contributed by atoms with Gasteiger partial charge >= 0.3 is 0 Å². The highest BCUT2D eigenvalue weighted by Crippen LogP contribution is 2.56. The molecule has 0 aromatic heterocycles. The molecule has 0 bridgehead atoms. The van der Waals surface area contributed by atoms with E-state index >= 15 is 0 Å². The number of allylic oxidation sites excluding steroid dienone is 3. The molecule has 1 fully saturated rings. The standard InChI is InChI=1S/C29H38Cl2O7/c1-18(2)9-8-10-19(3)11-12-29-25(32)21-13-20(36-16-34-6)14-22(37-17-35-7)24(21)26(33)28(29,31)15-23(30)27(4,5)38-29/h9,11,13-14,23H,8,10,12,15-17H2,1-7H3/b19-11+/t23-,28+,29+/m1/s1. The second kappa shape index (κ2) is 12.1. The first-order valence-electron chi connectivity index (χ1n) is 12.7. The number of hydrogen-bond donors (Lipinski definition) is 0. The summed E-state index contributed by atoms with van der Waals surface area (Å²) in [6.07, 6.45) is 5.95. The number of hydrogen-bond acceptors (Lipinski definition) is 7. The Morgan fingerprint density at radius 3 is 2.34 bits per heavy atom. The third kappa shape index (κ3) is 5.82. The van der Waals surface area contributed by atoms with E-state index < -0.39 is 33.0 Å². The van der Waals surface area contributed by atoms with E-state index in [0.717, 1.165) is 18.4 Å². The lowest BCUT2D eigenvalue weighted by molar-refractivity contribution is -0.157. The lowest BCUT2D eigenvalue weighted by atomic mass is 9.63. The van der Waals surface area contributed by atoms with Gasteiger partial charge in [-0.25, -0.2) is 0 Å². The van der Waals surface area contributed by atoms with Gasteiger partial charge in [-0.3, -0.25) is 9.59 Å². The van der Waals surface area contributed by atoms with Crippen LogP contribution in [0.2, 0.25) is 0 Å². The van der Waals surface area contributed by atoms with Gasteiger partial charge in [0.25, 0.3) is 0 Å². The predicted molar refractivity (Wildman–Crippen MR) is 148 cm³/mol. The minimum Gasteiger partial charge on any atom is -0.467 e. The number of ether oxygens (including phenoxy) is 5. The molecule has 1 aromatic rings. The molecule has 3 atom stereocenters. The van der Waals surface area contributed by atoms with Crippen LogP contribution in [0.5, 0.6) is 11.5 Å². The molecule has 0 saturated carbocycles. The van der Waals surface area contributed by atoms with Gasteiger partial charge in [0.15, 0.2) is 30.8 Å². The molecule has 210 valence electrons. The molecule has 2 aliphatic rings. The summed E-state index contributed by atoms with van der Waals surface area (Å²) >= 11 is 13.9. The molecule has 1 aromatic carbocycles. The summed E-state index contributed by atoms with van der Waals surface area (Å²) in [5, 5.41) is -0.609. The largest absolute Gasteiger partial charge is 0.467 e. The van der Waals surface area contributed by atoms with Crippen molar-refractivity contribution in [2.75, 3.05) is 27.8 Å². The van der Waals surface area contributed by atoms with Gasteiger partial charge < -0.3 is 23.7 Å². The van der Waals surface area contributed by atoms with Gasteiger partial charge in [-0.05, 0) is 59.9 Å². The number of Topliss-reactive ketones (excluding diaryl/α,β-unsaturated/α-hetero) is 2. The molecule has 0 N–H and O–H groups in total. The first-order valence-corrected chi connectivity index (χ1v) is 13.5. The minimum absolute atomic E-state index is 0.0451. The topological polar surface area (TPSA) is 80.3 Å². The summed E-state index contributed by atoms with van der Waals surface area (Å²) in [5.74, 6) is -0.465. The molecule has 1 aliphatic heterocycles. The van der Waals surface area contributed by atoms with Crippen molar-refractivity contribution in [1.82, 2.24) is 0 Å². The molecule has 0 radical (unpaired) electrons. The average Bonchev–Trinajstić information content (AvgIpc) is 2.85. The highest BCUT2D eigenvalue weighted by atomic mass is 35.5. The van der Waals surface area contributed by atoms with Crippen LogP contribution in [-0.4, -0.2) is 60.8 Å². The number of carbonyl (C=O) groups excluding carboxylic acids is 2. The van der Waals surface area contributed by atoms with E-state index in [9.17, 15) is 9.59 Å². The Hall–Kier alpha value is -1.90. The Labute approximate surface area is 235 Å². The number of methoxy groups -OCH3 is 2. The number of benzene rings is 1. The average molecular weight is 570 g/mol. The van der Waals surface area contributed by atoms with Crippen LogP contribution in [0.15, 0.2) is 35.4 Å². The highest BCUT2D eigenvalue weighted by Gasteiger charge is 2.70. The summed E-state index contributed by atoms with van der Waals surface area (Å²) < 4.78 is 27.9. The second-order valence-electron chi connectivity index (χ2n) is 10.7. The number of halogens is 2. The van der Waals surface area contributed by atoms with Gasteiger partial charge in [0.1, 0.15) is 16.4 Å². The van der Waals surface area contributed by atoms with E-state index in [4.69, 9.17) is 46.9 Å². The summed E-state index contributed by atoms with van der Waals surface area (Å²) in [6, 6.07) is 3.04. The van der Waals surface area contributed by atoms with Crippen LogP contribution in [0.3, 0.4) is 0 Å². The van der Waals surface area contributed by atoms with Crippen LogP contribution in [0.25, 0.3) is 0 Å². The molecule has 3 rings (SSSR count). The lowest BCUT2D eigenvalue weighted by Gasteiger charge is -2.56. The number of rotatable bonds is 11. The van der Waals surface area contributed by atoms with Crippen molar-refractivity contribution < 1.29 is 33.3 Å². The fourth-order valence-electron chi connectivity index (χ4n) is 4.92. The van der Waals surface area contributed by atoms with Crippen molar-refractivity contribution in [1.29, 1.82) is 0 Å².